The molecule has 1 fully saturated rings. The van der Waals surface area contributed by atoms with Gasteiger partial charge in [-0.1, -0.05) is 27.2 Å². The van der Waals surface area contributed by atoms with Crippen LogP contribution in [0.5, 0.6) is 0 Å². The fourth-order valence-electron chi connectivity index (χ4n) is 2.70. The summed E-state index contributed by atoms with van der Waals surface area (Å²) in [7, 11) is 2.27. The third kappa shape index (κ3) is 2.98. The van der Waals surface area contributed by atoms with Crippen molar-refractivity contribution in [3.8, 4) is 0 Å². The van der Waals surface area contributed by atoms with Crippen LogP contribution in [0.1, 0.15) is 40.0 Å². The van der Waals surface area contributed by atoms with Crippen LogP contribution in [0.2, 0.25) is 0 Å². The fourth-order valence-corrected chi connectivity index (χ4v) is 2.70. The lowest BCUT2D eigenvalue weighted by molar-refractivity contribution is 0.198. The van der Waals surface area contributed by atoms with E-state index in [9.17, 15) is 0 Å². The van der Waals surface area contributed by atoms with Crippen LogP contribution in [0.4, 0.5) is 0 Å². The number of hydrogen-bond acceptors (Lipinski definition) is 1. The van der Waals surface area contributed by atoms with E-state index in [0.717, 1.165) is 17.8 Å². The van der Waals surface area contributed by atoms with E-state index in [2.05, 4.69) is 32.7 Å². The molecule has 1 rings (SSSR count). The van der Waals surface area contributed by atoms with Crippen LogP contribution >= 0.6 is 0 Å². The number of hydrogen-bond donors (Lipinski definition) is 0. The monoisotopic (exact) mass is 183 g/mol. The molecule has 0 N–H and O–H groups in total. The molecule has 0 radical (unpaired) electrons. The SMILES string of the molecule is CCC1CCCN(C)CC1C(C)C. The maximum atomic E-state index is 2.51. The first-order chi connectivity index (χ1) is 6.15. The molecule has 0 amide bonds. The molecular formula is C12H25N. The van der Waals surface area contributed by atoms with Crippen LogP contribution in [-0.2, 0) is 0 Å². The molecule has 2 atom stereocenters. The van der Waals surface area contributed by atoms with Crippen LogP contribution in [0.15, 0.2) is 0 Å². The van der Waals surface area contributed by atoms with Crippen molar-refractivity contribution < 1.29 is 0 Å². The Labute approximate surface area is 83.5 Å². The first-order valence-electron chi connectivity index (χ1n) is 5.83. The third-order valence-corrected chi connectivity index (χ3v) is 3.62. The van der Waals surface area contributed by atoms with Crippen molar-refractivity contribution in [3.63, 3.8) is 0 Å². The lowest BCUT2D eigenvalue weighted by atomic mass is 9.80. The maximum absolute atomic E-state index is 2.51. The largest absolute Gasteiger partial charge is 0.306 e. The van der Waals surface area contributed by atoms with Crippen LogP contribution in [0, 0.1) is 17.8 Å². The van der Waals surface area contributed by atoms with Crippen molar-refractivity contribution in [2.45, 2.75) is 40.0 Å². The molecule has 0 aliphatic carbocycles. The van der Waals surface area contributed by atoms with Crippen molar-refractivity contribution in [2.75, 3.05) is 20.1 Å². The molecule has 0 aromatic carbocycles. The Morgan fingerprint density at radius 3 is 2.62 bits per heavy atom. The van der Waals surface area contributed by atoms with Gasteiger partial charge >= 0.3 is 0 Å². The number of likely N-dealkylation sites (tertiary alicyclic amines) is 1. The Kier molecular flexibility index (Phi) is 4.24. The van der Waals surface area contributed by atoms with E-state index in [1.165, 1.54) is 32.4 Å². The highest BCUT2D eigenvalue weighted by atomic mass is 15.1. The summed E-state index contributed by atoms with van der Waals surface area (Å²) in [5.74, 6) is 2.76. The summed E-state index contributed by atoms with van der Waals surface area (Å²) in [6.07, 6.45) is 4.22. The number of nitrogens with zero attached hydrogens (tertiary/aromatic N) is 1. The molecule has 78 valence electrons. The zero-order valence-electron chi connectivity index (χ0n) is 9.71. The second kappa shape index (κ2) is 4.99. The molecule has 0 aromatic heterocycles. The Morgan fingerprint density at radius 2 is 2.08 bits per heavy atom. The second-order valence-electron chi connectivity index (χ2n) is 4.98. The van der Waals surface area contributed by atoms with E-state index < -0.39 is 0 Å². The van der Waals surface area contributed by atoms with Crippen molar-refractivity contribution in [1.29, 1.82) is 0 Å². The van der Waals surface area contributed by atoms with Crippen LogP contribution in [-0.4, -0.2) is 25.0 Å². The predicted molar refractivity (Wildman–Crippen MR) is 58.8 cm³/mol. The predicted octanol–water partition coefficient (Wildman–Crippen LogP) is 3.01. The van der Waals surface area contributed by atoms with Gasteiger partial charge in [-0.25, -0.2) is 0 Å². The van der Waals surface area contributed by atoms with E-state index in [1.807, 2.05) is 0 Å². The molecule has 1 saturated heterocycles. The van der Waals surface area contributed by atoms with E-state index >= 15 is 0 Å². The zero-order valence-corrected chi connectivity index (χ0v) is 9.71. The fraction of sp³-hybridized carbons (Fsp3) is 1.00. The maximum Gasteiger partial charge on any atom is 0.00117 e. The molecule has 1 heterocycles. The minimum atomic E-state index is 0.852. The average Bonchev–Trinajstić information content (AvgIpc) is 2.26. The quantitative estimate of drug-likeness (QED) is 0.636. The van der Waals surface area contributed by atoms with Gasteiger partial charge in [-0.3, -0.25) is 0 Å². The van der Waals surface area contributed by atoms with Gasteiger partial charge in [0.2, 0.25) is 0 Å². The molecular weight excluding hydrogens is 158 g/mol. The van der Waals surface area contributed by atoms with Crippen LogP contribution < -0.4 is 0 Å². The lowest BCUT2D eigenvalue weighted by Crippen LogP contribution is -2.30. The first kappa shape index (κ1) is 11.0. The summed E-state index contributed by atoms with van der Waals surface area (Å²) in [6.45, 7) is 9.74. The molecule has 1 aliphatic heterocycles. The number of rotatable bonds is 2. The Hall–Kier alpha value is -0.0400. The molecule has 0 aromatic rings. The molecule has 1 nitrogen and oxygen atoms in total. The molecule has 0 saturated carbocycles. The summed E-state index contributed by atoms with van der Waals surface area (Å²) < 4.78 is 0. The minimum absolute atomic E-state index is 0.852. The van der Waals surface area contributed by atoms with Crippen molar-refractivity contribution in [2.24, 2.45) is 17.8 Å². The topological polar surface area (TPSA) is 3.24 Å². The first-order valence-corrected chi connectivity index (χ1v) is 5.83. The summed E-state index contributed by atoms with van der Waals surface area (Å²) in [6, 6.07) is 0. The summed E-state index contributed by atoms with van der Waals surface area (Å²) in [4.78, 5) is 2.51. The molecule has 1 heteroatoms. The smallest absolute Gasteiger partial charge is 0.00117 e. The highest BCUT2D eigenvalue weighted by molar-refractivity contribution is 4.78. The molecule has 2 unspecified atom stereocenters. The van der Waals surface area contributed by atoms with Crippen LogP contribution in [0.3, 0.4) is 0 Å². The van der Waals surface area contributed by atoms with Crippen molar-refractivity contribution in [1.82, 2.24) is 4.90 Å². The molecule has 0 bridgehead atoms. The highest BCUT2D eigenvalue weighted by Gasteiger charge is 2.26. The summed E-state index contributed by atoms with van der Waals surface area (Å²) in [5.41, 5.74) is 0. The second-order valence-corrected chi connectivity index (χ2v) is 4.98. The summed E-state index contributed by atoms with van der Waals surface area (Å²) in [5, 5.41) is 0. The van der Waals surface area contributed by atoms with Crippen LogP contribution in [0.25, 0.3) is 0 Å². The van der Waals surface area contributed by atoms with E-state index in [1.54, 1.807) is 0 Å². The zero-order chi connectivity index (χ0) is 9.84. The van der Waals surface area contributed by atoms with Gasteiger partial charge in [-0.15, -0.1) is 0 Å². The van der Waals surface area contributed by atoms with E-state index in [-0.39, 0.29) is 0 Å². The van der Waals surface area contributed by atoms with Gasteiger partial charge in [0.15, 0.2) is 0 Å². The Balaban J connectivity index is 2.60. The lowest BCUT2D eigenvalue weighted by Gasteiger charge is -2.29. The van der Waals surface area contributed by atoms with E-state index in [4.69, 9.17) is 0 Å². The summed E-state index contributed by atoms with van der Waals surface area (Å²) >= 11 is 0. The highest BCUT2D eigenvalue weighted by Crippen LogP contribution is 2.30. The van der Waals surface area contributed by atoms with Gasteiger partial charge in [-0.2, -0.15) is 0 Å². The Morgan fingerprint density at radius 1 is 1.38 bits per heavy atom. The third-order valence-electron chi connectivity index (χ3n) is 3.62. The van der Waals surface area contributed by atoms with Crippen molar-refractivity contribution in [3.05, 3.63) is 0 Å². The average molecular weight is 183 g/mol. The van der Waals surface area contributed by atoms with Gasteiger partial charge < -0.3 is 4.90 Å². The van der Waals surface area contributed by atoms with Crippen molar-refractivity contribution >= 4 is 0 Å². The molecule has 13 heavy (non-hydrogen) atoms. The van der Waals surface area contributed by atoms with Gasteiger partial charge in [-0.05, 0) is 44.2 Å². The normalized spacial score (nSPS) is 32.1. The minimum Gasteiger partial charge on any atom is -0.306 e. The molecule has 1 aliphatic rings. The molecule has 0 spiro atoms. The van der Waals surface area contributed by atoms with Gasteiger partial charge in [0.05, 0.1) is 0 Å². The Bertz CT molecular complexity index is 142. The standard InChI is InChI=1S/C12H25N/c1-5-11-7-6-8-13(4)9-12(11)10(2)3/h10-12H,5-9H2,1-4H3. The van der Waals surface area contributed by atoms with Gasteiger partial charge in [0.25, 0.3) is 0 Å². The van der Waals surface area contributed by atoms with Gasteiger partial charge in [0, 0.05) is 6.54 Å². The van der Waals surface area contributed by atoms with Gasteiger partial charge in [0.1, 0.15) is 0 Å². The van der Waals surface area contributed by atoms with E-state index in [0.29, 0.717) is 0 Å².